The molecule has 0 spiro atoms. The minimum atomic E-state index is 0.618. The minimum Gasteiger partial charge on any atom is -0.291 e. The number of rotatable bonds is 9. The quantitative estimate of drug-likeness (QED) is 0.380. The van der Waals surface area contributed by atoms with Crippen LogP contribution in [0.3, 0.4) is 0 Å². The third-order valence-corrected chi connectivity index (χ3v) is 1.94. The van der Waals surface area contributed by atoms with Gasteiger partial charge in [-0.05, 0) is 19.3 Å². The van der Waals surface area contributed by atoms with Crippen LogP contribution in [0.5, 0.6) is 0 Å². The van der Waals surface area contributed by atoms with Crippen molar-refractivity contribution >= 4 is 6.29 Å². The van der Waals surface area contributed by atoms with Gasteiger partial charge in [0.25, 0.3) is 0 Å². The van der Waals surface area contributed by atoms with Gasteiger partial charge < -0.3 is 0 Å². The summed E-state index contributed by atoms with van der Waals surface area (Å²) < 4.78 is 0. The summed E-state index contributed by atoms with van der Waals surface area (Å²) in [5.41, 5.74) is 0. The predicted molar refractivity (Wildman–Crippen MR) is 52.8 cm³/mol. The van der Waals surface area contributed by atoms with Gasteiger partial charge in [0.1, 0.15) is 0 Å². The molecule has 1 radical (unpaired) electrons. The van der Waals surface area contributed by atoms with Crippen molar-refractivity contribution in [1.82, 2.24) is 0 Å². The molecular weight excluding hydrogens is 148 g/mol. The lowest BCUT2D eigenvalue weighted by Crippen LogP contribution is -1.80. The van der Waals surface area contributed by atoms with Crippen molar-refractivity contribution in [2.75, 3.05) is 0 Å². The summed E-state index contributed by atoms with van der Waals surface area (Å²) in [6, 6.07) is 0. The molecule has 0 aromatic heterocycles. The maximum Gasteiger partial charge on any atom is 0.198 e. The lowest BCUT2D eigenvalue weighted by molar-refractivity contribution is 0.541. The Hall–Kier alpha value is -0.590. The van der Waals surface area contributed by atoms with Crippen LogP contribution in [0, 0.1) is 0 Å². The predicted octanol–water partition coefficient (Wildman–Crippen LogP) is 3.40. The number of carbonyl (C=O) groups excluding carboxylic acids is 1. The molecule has 0 rings (SSSR count). The van der Waals surface area contributed by atoms with Crippen LogP contribution in [0.25, 0.3) is 0 Å². The molecule has 0 fully saturated rings. The summed E-state index contributed by atoms with van der Waals surface area (Å²) in [6.07, 6.45) is 13.0. The fourth-order valence-electron chi connectivity index (χ4n) is 1.19. The Balaban J connectivity index is 2.81. The Labute approximate surface area is 75.9 Å². The van der Waals surface area contributed by atoms with E-state index in [4.69, 9.17) is 0 Å². The second-order valence-electron chi connectivity index (χ2n) is 3.09. The second-order valence-corrected chi connectivity index (χ2v) is 3.09. The molecule has 0 unspecified atom stereocenters. The van der Waals surface area contributed by atoms with Crippen molar-refractivity contribution in [3.05, 3.63) is 12.7 Å². The van der Waals surface area contributed by atoms with Gasteiger partial charge in [-0.1, -0.05) is 31.8 Å². The van der Waals surface area contributed by atoms with Gasteiger partial charge >= 0.3 is 0 Å². The Morgan fingerprint density at radius 3 is 2.17 bits per heavy atom. The van der Waals surface area contributed by atoms with E-state index in [1.54, 1.807) is 0 Å². The van der Waals surface area contributed by atoms with Crippen LogP contribution >= 0.6 is 0 Å². The number of hydrogen-bond donors (Lipinski definition) is 0. The first kappa shape index (κ1) is 11.4. The lowest BCUT2D eigenvalue weighted by atomic mass is 10.1. The van der Waals surface area contributed by atoms with E-state index in [0.29, 0.717) is 6.42 Å². The van der Waals surface area contributed by atoms with E-state index < -0.39 is 0 Å². The van der Waals surface area contributed by atoms with Crippen LogP contribution in [0.15, 0.2) is 12.7 Å². The number of hydrogen-bond acceptors (Lipinski definition) is 1. The third kappa shape index (κ3) is 9.41. The summed E-state index contributed by atoms with van der Waals surface area (Å²) in [6.45, 7) is 3.68. The molecule has 1 heteroatoms. The summed E-state index contributed by atoms with van der Waals surface area (Å²) >= 11 is 0. The van der Waals surface area contributed by atoms with E-state index in [9.17, 15) is 4.79 Å². The molecule has 0 heterocycles. The highest BCUT2D eigenvalue weighted by Gasteiger charge is 1.89. The van der Waals surface area contributed by atoms with E-state index in [-0.39, 0.29) is 0 Å². The largest absolute Gasteiger partial charge is 0.291 e. The lowest BCUT2D eigenvalue weighted by Gasteiger charge is -1.97. The van der Waals surface area contributed by atoms with Crippen molar-refractivity contribution < 1.29 is 4.79 Å². The highest BCUT2D eigenvalue weighted by atomic mass is 16.1. The van der Waals surface area contributed by atoms with Crippen molar-refractivity contribution in [2.24, 2.45) is 0 Å². The molecule has 0 aliphatic carbocycles. The van der Waals surface area contributed by atoms with Gasteiger partial charge in [0, 0.05) is 6.42 Å². The van der Waals surface area contributed by atoms with Gasteiger partial charge in [0.15, 0.2) is 6.29 Å². The molecule has 1 nitrogen and oxygen atoms in total. The van der Waals surface area contributed by atoms with Crippen LogP contribution in [-0.2, 0) is 4.79 Å². The van der Waals surface area contributed by atoms with E-state index in [2.05, 4.69) is 6.58 Å². The average molecular weight is 167 g/mol. The molecule has 0 atom stereocenters. The van der Waals surface area contributed by atoms with Gasteiger partial charge in [-0.25, -0.2) is 0 Å². The van der Waals surface area contributed by atoms with E-state index in [1.807, 2.05) is 12.4 Å². The zero-order valence-electron chi connectivity index (χ0n) is 7.85. The van der Waals surface area contributed by atoms with Gasteiger partial charge in [-0.15, -0.1) is 6.58 Å². The Morgan fingerprint density at radius 1 is 1.00 bits per heavy atom. The van der Waals surface area contributed by atoms with Crippen LogP contribution in [0.2, 0.25) is 0 Å². The zero-order valence-corrected chi connectivity index (χ0v) is 7.85. The SMILES string of the molecule is C=CCCCCCCCC[C]=O. The fourth-order valence-corrected chi connectivity index (χ4v) is 1.19. The van der Waals surface area contributed by atoms with Gasteiger partial charge in [-0.2, -0.15) is 0 Å². The number of allylic oxidation sites excluding steroid dienone is 1. The minimum absolute atomic E-state index is 0.618. The smallest absolute Gasteiger partial charge is 0.198 e. The molecule has 0 saturated carbocycles. The zero-order chi connectivity index (χ0) is 9.07. The summed E-state index contributed by atoms with van der Waals surface area (Å²) in [5, 5.41) is 0. The van der Waals surface area contributed by atoms with Crippen LogP contribution in [0.1, 0.15) is 51.4 Å². The molecule has 12 heavy (non-hydrogen) atoms. The van der Waals surface area contributed by atoms with E-state index in [0.717, 1.165) is 12.8 Å². The molecule has 0 N–H and O–H groups in total. The number of unbranched alkanes of at least 4 members (excludes halogenated alkanes) is 7. The monoisotopic (exact) mass is 167 g/mol. The highest BCUT2D eigenvalue weighted by molar-refractivity contribution is 5.50. The van der Waals surface area contributed by atoms with Crippen molar-refractivity contribution in [1.29, 1.82) is 0 Å². The van der Waals surface area contributed by atoms with Gasteiger partial charge in [0.05, 0.1) is 0 Å². The molecule has 69 valence electrons. The first-order valence-electron chi connectivity index (χ1n) is 4.87. The standard InChI is InChI=1S/C11H19O/c1-2-3-4-5-6-7-8-9-10-11-12/h2H,1,3-10H2. The highest BCUT2D eigenvalue weighted by Crippen LogP contribution is 2.07. The van der Waals surface area contributed by atoms with Crippen molar-refractivity contribution in [3.8, 4) is 0 Å². The average Bonchev–Trinajstić information content (AvgIpc) is 2.10. The van der Waals surface area contributed by atoms with Crippen molar-refractivity contribution in [3.63, 3.8) is 0 Å². The van der Waals surface area contributed by atoms with Crippen LogP contribution in [0.4, 0.5) is 0 Å². The Morgan fingerprint density at radius 2 is 1.58 bits per heavy atom. The van der Waals surface area contributed by atoms with Gasteiger partial charge in [-0.3, -0.25) is 4.79 Å². The van der Waals surface area contributed by atoms with E-state index in [1.165, 1.54) is 32.1 Å². The second kappa shape index (κ2) is 10.4. The molecule has 0 saturated heterocycles. The summed E-state index contributed by atoms with van der Waals surface area (Å²) in [4.78, 5) is 9.84. The maximum absolute atomic E-state index is 9.84. The molecule has 0 bridgehead atoms. The van der Waals surface area contributed by atoms with Crippen LogP contribution in [-0.4, -0.2) is 6.29 Å². The summed E-state index contributed by atoms with van der Waals surface area (Å²) in [7, 11) is 0. The van der Waals surface area contributed by atoms with Gasteiger partial charge in [0.2, 0.25) is 0 Å². The first-order chi connectivity index (χ1) is 5.91. The van der Waals surface area contributed by atoms with Crippen molar-refractivity contribution in [2.45, 2.75) is 51.4 Å². The molecule has 0 aliphatic heterocycles. The molecule has 0 aromatic carbocycles. The molecular formula is C11H19O. The van der Waals surface area contributed by atoms with E-state index >= 15 is 0 Å². The summed E-state index contributed by atoms with van der Waals surface area (Å²) in [5.74, 6) is 0. The van der Waals surface area contributed by atoms with Crippen LogP contribution < -0.4 is 0 Å². The molecule has 0 aromatic rings. The molecule has 0 amide bonds. The Bertz CT molecular complexity index is 93.6. The fraction of sp³-hybridized carbons (Fsp3) is 0.727. The Kier molecular flexibility index (Phi) is 9.90. The third-order valence-electron chi connectivity index (χ3n) is 1.94. The normalized spacial score (nSPS) is 9.67. The maximum atomic E-state index is 9.84. The topological polar surface area (TPSA) is 17.1 Å². The first-order valence-corrected chi connectivity index (χ1v) is 4.87. The molecule has 0 aliphatic rings.